The fourth-order valence-electron chi connectivity index (χ4n) is 1.03. The third-order valence-electron chi connectivity index (χ3n) is 1.95. The van der Waals surface area contributed by atoms with E-state index in [2.05, 4.69) is 4.74 Å². The number of ether oxygens (including phenoxy) is 1. The third-order valence-corrected chi connectivity index (χ3v) is 3.16. The molecule has 0 bridgehead atoms. The molecule has 0 saturated heterocycles. The van der Waals surface area contributed by atoms with Crippen LogP contribution in [0, 0.1) is 5.41 Å². The number of nitrogens with one attached hydrogen (secondary N) is 1. The number of methoxy groups -OCH3 is 1. The Balaban J connectivity index is 4.90. The lowest BCUT2D eigenvalue weighted by atomic mass is 9.88. The minimum Gasteiger partial charge on any atom is -0.480 e. The smallest absolute Gasteiger partial charge is 0.322 e. The summed E-state index contributed by atoms with van der Waals surface area (Å²) >= 11 is 0. The number of hydrogen-bond acceptors (Lipinski definition) is 5. The summed E-state index contributed by atoms with van der Waals surface area (Å²) in [7, 11) is -2.97. The molecule has 0 spiro atoms. The molecule has 0 aliphatic heterocycles. The molecule has 0 heterocycles. The Morgan fingerprint density at radius 3 is 2.12 bits per heavy atom. The number of rotatable bonds is 5. The van der Waals surface area contributed by atoms with Crippen LogP contribution in [0.3, 0.4) is 0 Å². The SMILES string of the molecule is COC(=O)CS(=O)(=O)N[C@H](C(=O)O)C(C)(C)C. The van der Waals surface area contributed by atoms with Crippen molar-refractivity contribution in [3.05, 3.63) is 0 Å². The second-order valence-corrected chi connectivity index (χ2v) is 6.34. The molecule has 8 heteroatoms. The summed E-state index contributed by atoms with van der Waals surface area (Å²) in [5.74, 6) is -3.15. The topological polar surface area (TPSA) is 110 Å². The lowest BCUT2D eigenvalue weighted by Gasteiger charge is -2.27. The molecule has 0 aromatic heterocycles. The summed E-state index contributed by atoms with van der Waals surface area (Å²) in [6, 6.07) is -1.31. The van der Waals surface area contributed by atoms with Crippen LogP contribution in [-0.2, 0) is 24.3 Å². The fraction of sp³-hybridized carbons (Fsp3) is 0.778. The van der Waals surface area contributed by atoms with Crippen LogP contribution in [0.1, 0.15) is 20.8 Å². The van der Waals surface area contributed by atoms with Gasteiger partial charge in [0.15, 0.2) is 5.75 Å². The van der Waals surface area contributed by atoms with E-state index in [1.54, 1.807) is 20.8 Å². The van der Waals surface area contributed by atoms with E-state index in [9.17, 15) is 18.0 Å². The molecule has 0 radical (unpaired) electrons. The van der Waals surface area contributed by atoms with Crippen LogP contribution in [0.5, 0.6) is 0 Å². The Morgan fingerprint density at radius 1 is 1.35 bits per heavy atom. The highest BCUT2D eigenvalue weighted by Crippen LogP contribution is 2.20. The second kappa shape index (κ2) is 5.46. The van der Waals surface area contributed by atoms with Crippen molar-refractivity contribution in [3.63, 3.8) is 0 Å². The third kappa shape index (κ3) is 5.64. The van der Waals surface area contributed by atoms with Crippen molar-refractivity contribution in [2.45, 2.75) is 26.8 Å². The van der Waals surface area contributed by atoms with E-state index in [0.717, 1.165) is 7.11 Å². The summed E-state index contributed by atoms with van der Waals surface area (Å²) in [5.41, 5.74) is -0.810. The van der Waals surface area contributed by atoms with Gasteiger partial charge in [-0.25, -0.2) is 8.42 Å². The number of esters is 1. The molecule has 0 aromatic rings. The number of sulfonamides is 1. The predicted molar refractivity (Wildman–Crippen MR) is 59.8 cm³/mol. The molecule has 1 atom stereocenters. The zero-order valence-corrected chi connectivity index (χ0v) is 11.0. The Hall–Kier alpha value is -1.15. The molecule has 0 amide bonds. The minimum atomic E-state index is -4.03. The standard InChI is InChI=1S/C9H17NO6S/c1-9(2,3)7(8(12)13)10-17(14,15)5-6(11)16-4/h7,10H,5H2,1-4H3,(H,12,13)/t7-/m1/s1. The van der Waals surface area contributed by atoms with Gasteiger partial charge in [0.05, 0.1) is 7.11 Å². The molecule has 0 fully saturated rings. The van der Waals surface area contributed by atoms with Crippen molar-refractivity contribution in [2.75, 3.05) is 12.9 Å². The first-order valence-electron chi connectivity index (χ1n) is 4.79. The average Bonchev–Trinajstić information content (AvgIpc) is 2.11. The predicted octanol–water partition coefficient (Wildman–Crippen LogP) is -0.422. The first-order valence-corrected chi connectivity index (χ1v) is 6.44. The zero-order chi connectivity index (χ0) is 13.9. The second-order valence-electron chi connectivity index (χ2n) is 4.59. The van der Waals surface area contributed by atoms with Crippen molar-refractivity contribution in [3.8, 4) is 0 Å². The Bertz CT molecular complexity index is 394. The average molecular weight is 267 g/mol. The van der Waals surface area contributed by atoms with Gasteiger partial charge in [-0.2, -0.15) is 4.72 Å². The number of carboxylic acid groups (broad SMARTS) is 1. The van der Waals surface area contributed by atoms with E-state index in [4.69, 9.17) is 5.11 Å². The van der Waals surface area contributed by atoms with Gasteiger partial charge in [0.2, 0.25) is 10.0 Å². The van der Waals surface area contributed by atoms with Gasteiger partial charge in [-0.05, 0) is 5.41 Å². The van der Waals surface area contributed by atoms with Crippen LogP contribution < -0.4 is 4.72 Å². The lowest BCUT2D eigenvalue weighted by Crippen LogP contribution is -2.50. The van der Waals surface area contributed by atoms with Crippen LogP contribution in [0.2, 0.25) is 0 Å². The molecule has 100 valence electrons. The highest BCUT2D eigenvalue weighted by atomic mass is 32.2. The van der Waals surface area contributed by atoms with E-state index in [1.807, 2.05) is 4.72 Å². The highest BCUT2D eigenvalue weighted by molar-refractivity contribution is 7.90. The Kier molecular flexibility index (Phi) is 5.09. The first-order chi connectivity index (χ1) is 7.49. The molecule has 0 unspecified atom stereocenters. The van der Waals surface area contributed by atoms with Gasteiger partial charge in [0.25, 0.3) is 0 Å². The molecule has 0 aliphatic rings. The summed E-state index contributed by atoms with van der Waals surface area (Å²) in [6.45, 7) is 4.73. The van der Waals surface area contributed by atoms with Gasteiger partial charge < -0.3 is 9.84 Å². The molecular weight excluding hydrogens is 250 g/mol. The van der Waals surface area contributed by atoms with Gasteiger partial charge >= 0.3 is 11.9 Å². The quantitative estimate of drug-likeness (QED) is 0.654. The van der Waals surface area contributed by atoms with Crippen LogP contribution in [0.4, 0.5) is 0 Å². The van der Waals surface area contributed by atoms with E-state index in [-0.39, 0.29) is 0 Å². The summed E-state index contributed by atoms with van der Waals surface area (Å²) in [5, 5.41) is 8.92. The van der Waals surface area contributed by atoms with Crippen molar-refractivity contribution in [1.82, 2.24) is 4.72 Å². The van der Waals surface area contributed by atoms with Crippen LogP contribution in [0.25, 0.3) is 0 Å². The number of hydrogen-bond donors (Lipinski definition) is 2. The number of carbonyl (C=O) groups is 2. The maximum atomic E-state index is 11.5. The van der Waals surface area contributed by atoms with Crippen LogP contribution in [0.15, 0.2) is 0 Å². The van der Waals surface area contributed by atoms with Gasteiger partial charge in [0, 0.05) is 0 Å². The van der Waals surface area contributed by atoms with Gasteiger partial charge in [-0.15, -0.1) is 0 Å². The molecule has 0 aromatic carbocycles. The van der Waals surface area contributed by atoms with Crippen molar-refractivity contribution in [2.24, 2.45) is 5.41 Å². The first kappa shape index (κ1) is 15.9. The van der Waals surface area contributed by atoms with Gasteiger partial charge in [-0.3, -0.25) is 9.59 Å². The molecule has 0 rings (SSSR count). The molecular formula is C9H17NO6S. The van der Waals surface area contributed by atoms with Gasteiger partial charge in [0.1, 0.15) is 6.04 Å². The maximum absolute atomic E-state index is 11.5. The van der Waals surface area contributed by atoms with E-state index < -0.39 is 39.2 Å². The number of carbonyl (C=O) groups excluding carboxylic acids is 1. The zero-order valence-electron chi connectivity index (χ0n) is 10.2. The molecule has 0 aliphatic carbocycles. The summed E-state index contributed by atoms with van der Waals surface area (Å²) < 4.78 is 29.2. The highest BCUT2D eigenvalue weighted by Gasteiger charge is 2.35. The molecule has 7 nitrogen and oxygen atoms in total. The van der Waals surface area contributed by atoms with E-state index in [0.29, 0.717) is 0 Å². The number of aliphatic carboxylic acids is 1. The van der Waals surface area contributed by atoms with Crippen molar-refractivity contribution >= 4 is 22.0 Å². The van der Waals surface area contributed by atoms with Crippen molar-refractivity contribution in [1.29, 1.82) is 0 Å². The van der Waals surface area contributed by atoms with Crippen LogP contribution in [-0.4, -0.2) is 44.4 Å². The van der Waals surface area contributed by atoms with E-state index in [1.165, 1.54) is 0 Å². The lowest BCUT2D eigenvalue weighted by molar-refractivity contribution is -0.142. The monoisotopic (exact) mass is 267 g/mol. The largest absolute Gasteiger partial charge is 0.480 e. The van der Waals surface area contributed by atoms with E-state index >= 15 is 0 Å². The summed E-state index contributed by atoms with van der Waals surface area (Å²) in [4.78, 5) is 21.8. The number of carboxylic acids is 1. The van der Waals surface area contributed by atoms with Crippen molar-refractivity contribution < 1.29 is 27.9 Å². The maximum Gasteiger partial charge on any atom is 0.322 e. The fourth-order valence-corrected chi connectivity index (χ4v) is 2.36. The summed E-state index contributed by atoms with van der Waals surface area (Å²) in [6.07, 6.45) is 0. The Morgan fingerprint density at radius 2 is 1.82 bits per heavy atom. The molecule has 2 N–H and O–H groups in total. The molecule has 0 saturated carbocycles. The van der Waals surface area contributed by atoms with Crippen LogP contribution >= 0.6 is 0 Å². The van der Waals surface area contributed by atoms with Gasteiger partial charge in [-0.1, -0.05) is 20.8 Å². The molecule has 17 heavy (non-hydrogen) atoms. The Labute approximate surface area is 100 Å². The minimum absolute atomic E-state index is 0.810. The normalized spacial score (nSPS) is 14.1.